The Kier molecular flexibility index (Phi) is 5.31. The lowest BCUT2D eigenvalue weighted by molar-refractivity contribution is -0.137. The summed E-state index contributed by atoms with van der Waals surface area (Å²) in [4.78, 5) is 10.0. The third-order valence-corrected chi connectivity index (χ3v) is 5.12. The van der Waals surface area contributed by atoms with Gasteiger partial charge in [0.1, 0.15) is 12.4 Å². The number of alkyl halides is 3. The van der Waals surface area contributed by atoms with Crippen LogP contribution in [0.3, 0.4) is 0 Å². The van der Waals surface area contributed by atoms with Crippen molar-refractivity contribution in [2.75, 3.05) is 0 Å². The van der Waals surface area contributed by atoms with Crippen LogP contribution in [0.2, 0.25) is 0 Å². The van der Waals surface area contributed by atoms with E-state index in [2.05, 4.69) is 9.97 Å². The van der Waals surface area contributed by atoms with Crippen LogP contribution in [0.15, 0.2) is 78.3 Å². The fraction of sp³-hybridized carbons (Fsp3) is 0.0909. The van der Waals surface area contributed by atoms with Crippen LogP contribution >= 0.6 is 11.3 Å². The van der Waals surface area contributed by atoms with E-state index in [-0.39, 0.29) is 6.61 Å². The molecule has 0 radical (unpaired) electrons. The van der Waals surface area contributed by atoms with E-state index in [0.29, 0.717) is 17.1 Å². The molecule has 0 spiro atoms. The molecule has 0 fully saturated rings. The van der Waals surface area contributed by atoms with Crippen molar-refractivity contribution in [2.24, 2.45) is 0 Å². The van der Waals surface area contributed by atoms with Crippen molar-refractivity contribution in [3.63, 3.8) is 0 Å². The summed E-state index contributed by atoms with van der Waals surface area (Å²) in [6, 6.07) is 18.1. The third kappa shape index (κ3) is 4.63. The topological polar surface area (TPSA) is 35.0 Å². The number of rotatable bonds is 5. The minimum Gasteiger partial charge on any atom is -0.489 e. The molecule has 2 aromatic carbocycles. The fourth-order valence-corrected chi connectivity index (χ4v) is 3.41. The van der Waals surface area contributed by atoms with E-state index in [1.165, 1.54) is 12.1 Å². The second kappa shape index (κ2) is 8.05. The minimum atomic E-state index is -4.34. The highest BCUT2D eigenvalue weighted by Gasteiger charge is 2.29. The third-order valence-electron chi connectivity index (χ3n) is 4.23. The molecule has 4 aromatic rings. The normalized spacial score (nSPS) is 11.4. The summed E-state index contributed by atoms with van der Waals surface area (Å²) in [6.07, 6.45) is -2.61. The Hall–Kier alpha value is -3.19. The van der Waals surface area contributed by atoms with Gasteiger partial charge in [0, 0.05) is 11.8 Å². The van der Waals surface area contributed by atoms with Gasteiger partial charge in [-0.1, -0.05) is 18.2 Å². The predicted octanol–water partition coefficient (Wildman–Crippen LogP) is 6.47. The van der Waals surface area contributed by atoms with Crippen molar-refractivity contribution in [2.45, 2.75) is 12.8 Å². The molecule has 0 bridgehead atoms. The Morgan fingerprint density at radius 1 is 0.897 bits per heavy atom. The van der Waals surface area contributed by atoms with Crippen molar-refractivity contribution in [3.05, 3.63) is 89.4 Å². The summed E-state index contributed by atoms with van der Waals surface area (Å²) >= 11 is 1.62. The van der Waals surface area contributed by atoms with Gasteiger partial charge in [-0.15, -0.1) is 11.3 Å². The molecule has 0 aliphatic carbocycles. The van der Waals surface area contributed by atoms with Crippen molar-refractivity contribution >= 4 is 11.3 Å². The molecule has 3 nitrogen and oxygen atoms in total. The molecule has 29 heavy (non-hydrogen) atoms. The highest BCUT2D eigenvalue weighted by atomic mass is 32.1. The molecule has 0 N–H and O–H groups in total. The number of halogens is 3. The molecule has 7 heteroatoms. The van der Waals surface area contributed by atoms with Gasteiger partial charge in [-0.3, -0.25) is 0 Å². The molecule has 0 aliphatic heterocycles. The molecule has 146 valence electrons. The predicted molar refractivity (Wildman–Crippen MR) is 107 cm³/mol. The van der Waals surface area contributed by atoms with Crippen LogP contribution in [0, 0.1) is 0 Å². The van der Waals surface area contributed by atoms with Gasteiger partial charge in [0.05, 0.1) is 16.1 Å². The van der Waals surface area contributed by atoms with Gasteiger partial charge in [0.25, 0.3) is 0 Å². The number of nitrogens with zero attached hydrogens (tertiary/aromatic N) is 2. The quantitative estimate of drug-likeness (QED) is 0.377. The lowest BCUT2D eigenvalue weighted by atomic mass is 10.1. The summed E-state index contributed by atoms with van der Waals surface area (Å²) in [5.74, 6) is 1.23. The van der Waals surface area contributed by atoms with Crippen LogP contribution in [0.4, 0.5) is 13.2 Å². The standard InChI is InChI=1S/C22H15F3N2OS/c23-22(24,25)17-7-3-15(4-8-17)14-28-18-9-5-16(6-10-18)21-26-12-11-19(27-21)20-2-1-13-29-20/h1-13H,14H2. The number of benzene rings is 2. The molecule has 2 heterocycles. The van der Waals surface area contributed by atoms with Gasteiger partial charge in [-0.05, 0) is 59.5 Å². The van der Waals surface area contributed by atoms with E-state index >= 15 is 0 Å². The van der Waals surface area contributed by atoms with Crippen LogP contribution in [-0.2, 0) is 12.8 Å². The minimum absolute atomic E-state index is 0.182. The number of ether oxygens (including phenoxy) is 1. The number of aromatic nitrogens is 2. The molecule has 0 unspecified atom stereocenters. The van der Waals surface area contributed by atoms with Gasteiger partial charge < -0.3 is 4.74 Å². The average molecular weight is 412 g/mol. The summed E-state index contributed by atoms with van der Waals surface area (Å²) in [5.41, 5.74) is 1.71. The average Bonchev–Trinajstić information content (AvgIpc) is 3.27. The first-order valence-electron chi connectivity index (χ1n) is 8.75. The first kappa shape index (κ1) is 19.1. The Balaban J connectivity index is 1.43. The molecular weight excluding hydrogens is 397 g/mol. The van der Waals surface area contributed by atoms with Crippen molar-refractivity contribution in [1.29, 1.82) is 0 Å². The molecule has 4 rings (SSSR count). The Bertz CT molecular complexity index is 1080. The first-order valence-corrected chi connectivity index (χ1v) is 9.63. The number of hydrogen-bond donors (Lipinski definition) is 0. The Labute approximate surface area is 169 Å². The van der Waals surface area contributed by atoms with E-state index in [1.54, 1.807) is 29.7 Å². The molecule has 0 atom stereocenters. The second-order valence-electron chi connectivity index (χ2n) is 6.25. The highest BCUT2D eigenvalue weighted by molar-refractivity contribution is 7.13. The van der Waals surface area contributed by atoms with Gasteiger partial charge >= 0.3 is 6.18 Å². The SMILES string of the molecule is FC(F)(F)c1ccc(COc2ccc(-c3nccc(-c4cccs4)n3)cc2)cc1. The second-order valence-corrected chi connectivity index (χ2v) is 7.20. The largest absolute Gasteiger partial charge is 0.489 e. The monoisotopic (exact) mass is 412 g/mol. The van der Waals surface area contributed by atoms with Crippen LogP contribution in [0.5, 0.6) is 5.75 Å². The Morgan fingerprint density at radius 3 is 2.31 bits per heavy atom. The number of hydrogen-bond acceptors (Lipinski definition) is 4. The zero-order chi connectivity index (χ0) is 20.3. The zero-order valence-electron chi connectivity index (χ0n) is 15.1. The molecule has 0 saturated carbocycles. The van der Waals surface area contributed by atoms with Crippen LogP contribution in [0.1, 0.15) is 11.1 Å². The Morgan fingerprint density at radius 2 is 1.66 bits per heavy atom. The van der Waals surface area contributed by atoms with Gasteiger partial charge in [-0.25, -0.2) is 9.97 Å². The van der Waals surface area contributed by atoms with E-state index in [4.69, 9.17) is 4.74 Å². The molecular formula is C22H15F3N2OS. The first-order chi connectivity index (χ1) is 14.0. The van der Waals surface area contributed by atoms with E-state index in [0.717, 1.165) is 28.3 Å². The summed E-state index contributed by atoms with van der Waals surface area (Å²) in [6.45, 7) is 0.182. The van der Waals surface area contributed by atoms with Crippen molar-refractivity contribution < 1.29 is 17.9 Å². The number of thiophene rings is 1. The molecule has 0 saturated heterocycles. The van der Waals surface area contributed by atoms with Crippen molar-refractivity contribution in [1.82, 2.24) is 9.97 Å². The van der Waals surface area contributed by atoms with E-state index in [9.17, 15) is 13.2 Å². The maximum absolute atomic E-state index is 12.6. The van der Waals surface area contributed by atoms with Crippen LogP contribution in [-0.4, -0.2) is 9.97 Å². The van der Waals surface area contributed by atoms with Crippen LogP contribution < -0.4 is 4.74 Å². The smallest absolute Gasteiger partial charge is 0.416 e. The fourth-order valence-electron chi connectivity index (χ4n) is 2.72. The molecule has 0 aliphatic rings. The zero-order valence-corrected chi connectivity index (χ0v) is 15.9. The van der Waals surface area contributed by atoms with E-state index in [1.807, 2.05) is 35.7 Å². The van der Waals surface area contributed by atoms with Gasteiger partial charge in [0.2, 0.25) is 0 Å². The van der Waals surface area contributed by atoms with Gasteiger partial charge in [-0.2, -0.15) is 13.2 Å². The van der Waals surface area contributed by atoms with Crippen LogP contribution in [0.25, 0.3) is 22.0 Å². The van der Waals surface area contributed by atoms with Gasteiger partial charge in [0.15, 0.2) is 5.82 Å². The summed E-state index contributed by atoms with van der Waals surface area (Å²) in [5, 5.41) is 2.00. The molecule has 0 amide bonds. The molecule has 2 aromatic heterocycles. The maximum atomic E-state index is 12.6. The van der Waals surface area contributed by atoms with Crippen molar-refractivity contribution in [3.8, 4) is 27.7 Å². The lowest BCUT2D eigenvalue weighted by Crippen LogP contribution is -2.05. The maximum Gasteiger partial charge on any atom is 0.416 e. The summed E-state index contributed by atoms with van der Waals surface area (Å²) < 4.78 is 43.5. The highest BCUT2D eigenvalue weighted by Crippen LogP contribution is 2.29. The lowest BCUT2D eigenvalue weighted by Gasteiger charge is -2.09. The van der Waals surface area contributed by atoms with E-state index < -0.39 is 11.7 Å². The summed E-state index contributed by atoms with van der Waals surface area (Å²) in [7, 11) is 0.